The van der Waals surface area contributed by atoms with Crippen LogP contribution in [-0.2, 0) is 0 Å². The van der Waals surface area contributed by atoms with Crippen molar-refractivity contribution in [3.8, 4) is 5.75 Å². The summed E-state index contributed by atoms with van der Waals surface area (Å²) in [6, 6.07) is 5.31. The normalized spacial score (nSPS) is 24.7. The van der Waals surface area contributed by atoms with Gasteiger partial charge in [0.2, 0.25) is 0 Å². The highest BCUT2D eigenvalue weighted by atomic mass is 19.3. The van der Waals surface area contributed by atoms with Crippen LogP contribution in [0.15, 0.2) is 18.2 Å². The molecule has 4 heteroatoms. The topological polar surface area (TPSA) is 21.3 Å². The average Bonchev–Trinajstić information content (AvgIpc) is 2.76. The molecule has 2 fully saturated rings. The number of hydrogen-bond donors (Lipinski definition) is 1. The maximum atomic E-state index is 12.3. The summed E-state index contributed by atoms with van der Waals surface area (Å²) in [5.74, 6) is 0.770. The Hall–Kier alpha value is -1.16. The van der Waals surface area contributed by atoms with Gasteiger partial charge in [0, 0.05) is 13.1 Å². The van der Waals surface area contributed by atoms with Crippen molar-refractivity contribution in [2.24, 2.45) is 5.41 Å². The van der Waals surface area contributed by atoms with Crippen LogP contribution in [0.4, 0.5) is 8.78 Å². The summed E-state index contributed by atoms with van der Waals surface area (Å²) < 4.78 is 29.1. The summed E-state index contributed by atoms with van der Waals surface area (Å²) in [6.45, 7) is 1.51. The number of ether oxygens (including phenoxy) is 1. The van der Waals surface area contributed by atoms with Gasteiger partial charge < -0.3 is 10.1 Å². The fourth-order valence-electron chi connectivity index (χ4n) is 3.51. The number of alkyl halides is 2. The van der Waals surface area contributed by atoms with E-state index in [1.807, 2.05) is 13.0 Å². The lowest BCUT2D eigenvalue weighted by molar-refractivity contribution is -0.0499. The van der Waals surface area contributed by atoms with E-state index in [1.165, 1.54) is 24.0 Å². The molecule has 19 heavy (non-hydrogen) atoms. The summed E-state index contributed by atoms with van der Waals surface area (Å²) >= 11 is 0. The monoisotopic (exact) mass is 267 g/mol. The van der Waals surface area contributed by atoms with Gasteiger partial charge in [0.15, 0.2) is 0 Å². The number of halogens is 2. The first kappa shape index (κ1) is 12.9. The Kier molecular flexibility index (Phi) is 3.21. The molecule has 1 saturated carbocycles. The molecule has 2 nitrogen and oxygen atoms in total. The van der Waals surface area contributed by atoms with Crippen LogP contribution in [0.5, 0.6) is 5.75 Å². The first-order valence-electron chi connectivity index (χ1n) is 6.84. The van der Waals surface area contributed by atoms with Crippen molar-refractivity contribution in [3.05, 3.63) is 29.3 Å². The van der Waals surface area contributed by atoms with E-state index in [0.29, 0.717) is 11.3 Å². The summed E-state index contributed by atoms with van der Waals surface area (Å²) in [7, 11) is 0. The van der Waals surface area contributed by atoms with Crippen molar-refractivity contribution in [1.82, 2.24) is 5.32 Å². The highest BCUT2D eigenvalue weighted by molar-refractivity contribution is 5.38. The number of aryl methyl sites for hydroxylation is 1. The van der Waals surface area contributed by atoms with Gasteiger partial charge in [0.25, 0.3) is 0 Å². The van der Waals surface area contributed by atoms with Gasteiger partial charge in [-0.15, -0.1) is 0 Å². The molecule has 3 rings (SSSR count). The summed E-state index contributed by atoms with van der Waals surface area (Å²) in [6.07, 6.45) is 3.56. The van der Waals surface area contributed by atoms with Crippen molar-refractivity contribution < 1.29 is 13.5 Å². The van der Waals surface area contributed by atoms with Gasteiger partial charge in [0.05, 0.1) is 0 Å². The predicted molar refractivity (Wildman–Crippen MR) is 69.7 cm³/mol. The fraction of sp³-hybridized carbons (Fsp3) is 0.600. The Morgan fingerprint density at radius 2 is 2.16 bits per heavy atom. The van der Waals surface area contributed by atoms with Crippen molar-refractivity contribution in [2.75, 3.05) is 13.1 Å². The molecule has 104 valence electrons. The van der Waals surface area contributed by atoms with Crippen molar-refractivity contribution in [2.45, 2.75) is 38.7 Å². The second kappa shape index (κ2) is 4.75. The van der Waals surface area contributed by atoms with Crippen LogP contribution >= 0.6 is 0 Å². The van der Waals surface area contributed by atoms with Gasteiger partial charge in [0.1, 0.15) is 5.75 Å². The molecule has 1 aromatic rings. The molecular weight excluding hydrogens is 248 g/mol. The largest absolute Gasteiger partial charge is 0.435 e. The van der Waals surface area contributed by atoms with Gasteiger partial charge >= 0.3 is 6.61 Å². The van der Waals surface area contributed by atoms with Crippen LogP contribution in [-0.4, -0.2) is 19.7 Å². The zero-order valence-corrected chi connectivity index (χ0v) is 11.1. The van der Waals surface area contributed by atoms with Crippen LogP contribution in [0.25, 0.3) is 0 Å². The third kappa shape index (κ3) is 2.46. The number of benzene rings is 1. The second-order valence-electron chi connectivity index (χ2n) is 5.94. The molecule has 1 aromatic carbocycles. The molecule has 1 spiro atoms. The highest BCUT2D eigenvalue weighted by Gasteiger charge is 2.44. The zero-order chi connectivity index (χ0) is 13.5. The third-order valence-corrected chi connectivity index (χ3v) is 4.62. The van der Waals surface area contributed by atoms with Crippen molar-refractivity contribution >= 4 is 0 Å². The minimum Gasteiger partial charge on any atom is -0.435 e. The zero-order valence-electron chi connectivity index (χ0n) is 11.1. The summed E-state index contributed by atoms with van der Waals surface area (Å²) in [5.41, 5.74) is 2.83. The Balaban J connectivity index is 1.79. The van der Waals surface area contributed by atoms with E-state index < -0.39 is 6.61 Å². The Morgan fingerprint density at radius 1 is 1.37 bits per heavy atom. The van der Waals surface area contributed by atoms with Crippen LogP contribution in [0.3, 0.4) is 0 Å². The number of nitrogens with one attached hydrogen (secondary N) is 1. The molecule has 1 N–H and O–H groups in total. The van der Waals surface area contributed by atoms with Gasteiger partial charge in [-0.2, -0.15) is 8.78 Å². The first-order chi connectivity index (χ1) is 9.08. The Morgan fingerprint density at radius 3 is 2.74 bits per heavy atom. The first-order valence-corrected chi connectivity index (χ1v) is 6.84. The van der Waals surface area contributed by atoms with Gasteiger partial charge in [-0.25, -0.2) is 0 Å². The molecular formula is C15H19F2NO. The van der Waals surface area contributed by atoms with E-state index >= 15 is 0 Å². The minimum atomic E-state index is -2.75. The van der Waals surface area contributed by atoms with Crippen LogP contribution in [0.2, 0.25) is 0 Å². The average molecular weight is 267 g/mol. The summed E-state index contributed by atoms with van der Waals surface area (Å²) in [4.78, 5) is 0. The predicted octanol–water partition coefficient (Wildman–Crippen LogP) is 3.45. The standard InChI is InChI=1S/C15H19F2NO/c1-10-2-3-12(19-14(16)17)6-13(10)11-4-5-15(7-11)8-18-9-15/h2-3,6,11,14,18H,4-5,7-9H2,1H3. The van der Waals surface area contributed by atoms with Gasteiger partial charge in [-0.05, 0) is 60.8 Å². The SMILES string of the molecule is Cc1ccc(OC(F)F)cc1C1CCC2(CNC2)C1. The lowest BCUT2D eigenvalue weighted by Crippen LogP contribution is -2.51. The van der Waals surface area contributed by atoms with E-state index in [9.17, 15) is 8.78 Å². The molecule has 2 aliphatic rings. The highest BCUT2D eigenvalue weighted by Crippen LogP contribution is 2.49. The smallest absolute Gasteiger partial charge is 0.387 e. The molecule has 1 aliphatic carbocycles. The fourth-order valence-corrected chi connectivity index (χ4v) is 3.51. The Labute approximate surface area is 112 Å². The van der Waals surface area contributed by atoms with E-state index in [1.54, 1.807) is 12.1 Å². The molecule has 0 aromatic heterocycles. The molecule has 1 atom stereocenters. The lowest BCUT2D eigenvalue weighted by Gasteiger charge is -2.39. The minimum absolute atomic E-state index is 0.281. The maximum absolute atomic E-state index is 12.3. The van der Waals surface area contributed by atoms with E-state index in [-0.39, 0.29) is 5.75 Å². The molecule has 1 heterocycles. The molecule has 0 amide bonds. The van der Waals surface area contributed by atoms with Gasteiger partial charge in [-0.3, -0.25) is 0 Å². The van der Waals surface area contributed by atoms with Crippen molar-refractivity contribution in [1.29, 1.82) is 0 Å². The van der Waals surface area contributed by atoms with E-state index in [2.05, 4.69) is 10.1 Å². The number of rotatable bonds is 3. The molecule has 1 saturated heterocycles. The van der Waals surface area contributed by atoms with Gasteiger partial charge in [-0.1, -0.05) is 6.07 Å². The molecule has 0 bridgehead atoms. The van der Waals surface area contributed by atoms with Crippen LogP contribution in [0.1, 0.15) is 36.3 Å². The number of hydrogen-bond acceptors (Lipinski definition) is 2. The summed E-state index contributed by atoms with van der Waals surface area (Å²) in [5, 5.41) is 3.34. The second-order valence-corrected chi connectivity index (χ2v) is 5.94. The quantitative estimate of drug-likeness (QED) is 0.905. The lowest BCUT2D eigenvalue weighted by atomic mass is 9.78. The van der Waals surface area contributed by atoms with Crippen LogP contribution in [0, 0.1) is 12.3 Å². The van der Waals surface area contributed by atoms with E-state index in [4.69, 9.17) is 0 Å². The van der Waals surface area contributed by atoms with Crippen molar-refractivity contribution in [3.63, 3.8) is 0 Å². The molecule has 1 aliphatic heterocycles. The molecule has 1 unspecified atom stereocenters. The van der Waals surface area contributed by atoms with E-state index in [0.717, 1.165) is 19.5 Å². The Bertz CT molecular complexity index is 471. The molecule has 0 radical (unpaired) electrons. The van der Waals surface area contributed by atoms with Crippen LogP contribution < -0.4 is 10.1 Å². The maximum Gasteiger partial charge on any atom is 0.387 e. The third-order valence-electron chi connectivity index (χ3n) is 4.62.